The fourth-order valence-corrected chi connectivity index (χ4v) is 8.42. The van der Waals surface area contributed by atoms with Gasteiger partial charge >= 0.3 is 0 Å². The third kappa shape index (κ3) is 5.12. The first-order valence-electron chi connectivity index (χ1n) is 11.1. The van der Waals surface area contributed by atoms with Gasteiger partial charge in [-0.25, -0.2) is 0 Å². The Morgan fingerprint density at radius 2 is 1.79 bits per heavy atom. The lowest BCUT2D eigenvalue weighted by molar-refractivity contribution is 0.123. The average molecular weight is 453 g/mol. The van der Waals surface area contributed by atoms with Gasteiger partial charge in [0.05, 0.1) is 7.11 Å². The number of thioether (sulfide) groups is 1. The van der Waals surface area contributed by atoms with E-state index in [4.69, 9.17) is 30.0 Å². The molecule has 1 nitrogen and oxygen atoms in total. The normalized spacial score (nSPS) is 34.9. The van der Waals surface area contributed by atoms with Crippen molar-refractivity contribution in [2.24, 2.45) is 5.92 Å². The molecule has 1 aromatic carbocycles. The van der Waals surface area contributed by atoms with Crippen molar-refractivity contribution in [2.45, 2.75) is 99.7 Å². The molecule has 0 aliphatic heterocycles. The van der Waals surface area contributed by atoms with E-state index in [2.05, 4.69) is 53.7 Å². The number of hydrogen-bond acceptors (Lipinski definition) is 4. The van der Waals surface area contributed by atoms with Gasteiger partial charge in [0, 0.05) is 26.4 Å². The number of thiol groups is 2. The molecule has 0 heterocycles. The summed E-state index contributed by atoms with van der Waals surface area (Å²) in [5.41, 5.74) is 4.39. The maximum Gasteiger partial charge on any atom is 0.126 e. The minimum Gasteiger partial charge on any atom is -0.496 e. The van der Waals surface area contributed by atoms with E-state index in [1.54, 1.807) is 0 Å². The molecule has 1 aromatic rings. The molecule has 4 unspecified atom stereocenters. The molecule has 4 atom stereocenters. The predicted octanol–water partition coefficient (Wildman–Crippen LogP) is 7.45. The van der Waals surface area contributed by atoms with E-state index < -0.39 is 0 Å². The van der Waals surface area contributed by atoms with Crippen LogP contribution < -0.4 is 4.74 Å². The summed E-state index contributed by atoms with van der Waals surface area (Å²) in [6.07, 6.45) is 5.80. The lowest BCUT2D eigenvalue weighted by Crippen LogP contribution is -2.51. The number of methoxy groups -OCH3 is 1. The molecule has 0 aromatic heterocycles. The second kappa shape index (κ2) is 8.20. The summed E-state index contributed by atoms with van der Waals surface area (Å²) in [5.74, 6) is 3.93. The number of benzene rings is 1. The van der Waals surface area contributed by atoms with Crippen molar-refractivity contribution < 1.29 is 4.74 Å². The lowest BCUT2D eigenvalue weighted by Gasteiger charge is -2.55. The summed E-state index contributed by atoms with van der Waals surface area (Å²) in [5, 5.41) is 0. The molecule has 0 amide bonds. The van der Waals surface area contributed by atoms with Crippen molar-refractivity contribution in [3.63, 3.8) is 0 Å². The van der Waals surface area contributed by atoms with Gasteiger partial charge in [0.25, 0.3) is 0 Å². The lowest BCUT2D eigenvalue weighted by atomic mass is 9.56. The van der Waals surface area contributed by atoms with E-state index in [1.165, 1.54) is 36.0 Å². The first kappa shape index (κ1) is 23.7. The van der Waals surface area contributed by atoms with E-state index in [0.717, 1.165) is 30.1 Å². The molecule has 164 valence electrons. The summed E-state index contributed by atoms with van der Waals surface area (Å²) < 4.78 is 6.27. The molecule has 2 bridgehead atoms. The number of rotatable bonds is 5. The summed E-state index contributed by atoms with van der Waals surface area (Å²) in [6.45, 7) is 14.0. The van der Waals surface area contributed by atoms with Gasteiger partial charge < -0.3 is 4.74 Å². The molecule has 2 fully saturated rings. The molecule has 2 aliphatic rings. The van der Waals surface area contributed by atoms with E-state index in [1.807, 2.05) is 18.9 Å². The monoisotopic (exact) mass is 452 g/mol. The van der Waals surface area contributed by atoms with Crippen LogP contribution in [0.15, 0.2) is 12.1 Å². The van der Waals surface area contributed by atoms with Crippen molar-refractivity contribution in [1.82, 2.24) is 0 Å². The number of hydrogen-bond donors (Lipinski definition) is 2. The van der Waals surface area contributed by atoms with Crippen LogP contribution in [0.2, 0.25) is 0 Å². The minimum atomic E-state index is 0.0630. The van der Waals surface area contributed by atoms with Crippen LogP contribution in [0.3, 0.4) is 0 Å². The smallest absolute Gasteiger partial charge is 0.126 e. The Bertz CT molecular complexity index is 749. The van der Waals surface area contributed by atoms with Gasteiger partial charge in [0.1, 0.15) is 5.75 Å². The molecule has 0 N–H and O–H groups in total. The summed E-state index contributed by atoms with van der Waals surface area (Å²) in [7, 11) is 1.85. The van der Waals surface area contributed by atoms with Crippen LogP contribution in [0.4, 0.5) is 0 Å². The third-order valence-electron chi connectivity index (χ3n) is 6.91. The summed E-state index contributed by atoms with van der Waals surface area (Å²) in [6, 6.07) is 4.84. The highest BCUT2D eigenvalue weighted by Crippen LogP contribution is 2.59. The van der Waals surface area contributed by atoms with Gasteiger partial charge in [-0.15, -0.1) is 0 Å². The Kier molecular flexibility index (Phi) is 6.71. The van der Waals surface area contributed by atoms with Crippen LogP contribution in [0.1, 0.15) is 90.3 Å². The molecule has 4 heteroatoms. The Balaban J connectivity index is 2.11. The predicted molar refractivity (Wildman–Crippen MR) is 137 cm³/mol. The maximum atomic E-state index is 6.10. The van der Waals surface area contributed by atoms with E-state index in [-0.39, 0.29) is 20.3 Å². The molecule has 0 radical (unpaired) electrons. The van der Waals surface area contributed by atoms with Crippen LogP contribution in [0, 0.1) is 5.92 Å². The molecule has 0 saturated heterocycles. The minimum absolute atomic E-state index is 0.0630. The fraction of sp³-hybridized carbons (Fsp3) is 0.760. The standard InChI is InChI=1S/C25H40OS3/c1-8-29-14-18-9-19(22(2,3)4)10-20(21(18)26-7)23(5)11-17-12-24(6,27)16-25(28,13-17)15-23/h9-10,17,27-28H,8,11-16H2,1-7H3. The molecular weight excluding hydrogens is 412 g/mol. The number of fused-ring (bicyclic) bond motifs is 2. The second-order valence-corrected chi connectivity index (χ2v) is 14.5. The molecule has 3 rings (SSSR count). The van der Waals surface area contributed by atoms with Crippen molar-refractivity contribution in [1.29, 1.82) is 0 Å². The van der Waals surface area contributed by atoms with E-state index in [0.29, 0.717) is 5.92 Å². The highest BCUT2D eigenvalue weighted by Gasteiger charge is 2.52. The highest BCUT2D eigenvalue weighted by atomic mass is 32.2. The maximum absolute atomic E-state index is 6.10. The second-order valence-electron chi connectivity index (χ2n) is 11.2. The molecule has 29 heavy (non-hydrogen) atoms. The topological polar surface area (TPSA) is 9.23 Å². The van der Waals surface area contributed by atoms with E-state index >= 15 is 0 Å². The third-order valence-corrected chi connectivity index (χ3v) is 8.68. The summed E-state index contributed by atoms with van der Waals surface area (Å²) >= 11 is 12.2. The number of ether oxygens (including phenoxy) is 1. The zero-order valence-corrected chi connectivity index (χ0v) is 22.0. The van der Waals surface area contributed by atoms with Crippen molar-refractivity contribution >= 4 is 37.0 Å². The Morgan fingerprint density at radius 3 is 2.34 bits per heavy atom. The van der Waals surface area contributed by atoms with Gasteiger partial charge in [-0.1, -0.05) is 53.7 Å². The van der Waals surface area contributed by atoms with Crippen LogP contribution >= 0.6 is 37.0 Å². The first-order valence-corrected chi connectivity index (χ1v) is 13.1. The Hall–Kier alpha value is 0.0700. The average Bonchev–Trinajstić information content (AvgIpc) is 2.54. The summed E-state index contributed by atoms with van der Waals surface area (Å²) in [4.78, 5) is 0. The zero-order valence-electron chi connectivity index (χ0n) is 19.4. The Morgan fingerprint density at radius 1 is 1.10 bits per heavy atom. The zero-order chi connectivity index (χ0) is 21.7. The van der Waals surface area contributed by atoms with Gasteiger partial charge in [0.2, 0.25) is 0 Å². The van der Waals surface area contributed by atoms with E-state index in [9.17, 15) is 0 Å². The van der Waals surface area contributed by atoms with Crippen LogP contribution in [-0.4, -0.2) is 22.4 Å². The van der Waals surface area contributed by atoms with Crippen molar-refractivity contribution in [3.8, 4) is 5.75 Å². The fourth-order valence-electron chi connectivity index (χ4n) is 6.13. The van der Waals surface area contributed by atoms with Crippen LogP contribution in [0.5, 0.6) is 5.75 Å². The molecular formula is C25H40OS3. The Labute approximate surface area is 194 Å². The SMILES string of the molecule is CCSCc1cc(C(C)(C)C)cc(C2(C)CC3CC(C)(S)CC(S)(C3)C2)c1OC. The van der Waals surface area contributed by atoms with Gasteiger partial charge in [-0.05, 0) is 60.2 Å². The first-order chi connectivity index (χ1) is 13.3. The molecule has 2 saturated carbocycles. The van der Waals surface area contributed by atoms with Gasteiger partial charge in [0.15, 0.2) is 0 Å². The van der Waals surface area contributed by atoms with Crippen molar-refractivity contribution in [2.75, 3.05) is 12.9 Å². The molecule has 0 spiro atoms. The van der Waals surface area contributed by atoms with Crippen LogP contribution in [0.25, 0.3) is 0 Å². The van der Waals surface area contributed by atoms with Crippen molar-refractivity contribution in [3.05, 3.63) is 28.8 Å². The largest absolute Gasteiger partial charge is 0.496 e. The highest BCUT2D eigenvalue weighted by molar-refractivity contribution is 7.98. The quantitative estimate of drug-likeness (QED) is 0.449. The van der Waals surface area contributed by atoms with Gasteiger partial charge in [-0.3, -0.25) is 0 Å². The van der Waals surface area contributed by atoms with Crippen LogP contribution in [-0.2, 0) is 16.6 Å². The van der Waals surface area contributed by atoms with Gasteiger partial charge in [-0.2, -0.15) is 37.0 Å². The molecule has 2 aliphatic carbocycles.